The van der Waals surface area contributed by atoms with Gasteiger partial charge in [0.2, 0.25) is 0 Å². The van der Waals surface area contributed by atoms with Gasteiger partial charge in [0.1, 0.15) is 5.60 Å². The number of ketones is 1. The number of ether oxygens (including phenoxy) is 1. The monoisotopic (exact) mass is 554 g/mol. The Morgan fingerprint density at radius 1 is 0.581 bits per heavy atom. The van der Waals surface area contributed by atoms with E-state index in [0.29, 0.717) is 5.57 Å². The minimum atomic E-state index is -1.18. The maximum atomic E-state index is 15.0. The van der Waals surface area contributed by atoms with E-state index in [2.05, 4.69) is 115 Å². The van der Waals surface area contributed by atoms with E-state index in [-0.39, 0.29) is 17.6 Å². The van der Waals surface area contributed by atoms with E-state index < -0.39 is 11.2 Å². The molecule has 0 spiro atoms. The maximum Gasteiger partial charge on any atom is 0.200 e. The molecule has 2 heterocycles. The molecular weight excluding hydrogens is 524 g/mol. The topological polar surface area (TPSA) is 26.3 Å². The standard InChI is InChI=1S/C41H30O2/c42-39-35(29-16-6-1-7-17-29)28-40(32-22-12-4-13-23-32)38-34(26-27-36(38)41(39,43-40)33-24-14-5-15-25-33)37(30-18-8-2-9-19-30)31-20-10-3-11-21-31/h1-28,36,38H/t36-,38+,40+,41-/m1/s1. The third-order valence-corrected chi connectivity index (χ3v) is 9.31. The number of allylic oxidation sites excluding steroid dienone is 1. The molecule has 1 aliphatic carbocycles. The Balaban J connectivity index is 1.48. The van der Waals surface area contributed by atoms with Gasteiger partial charge in [-0.15, -0.1) is 0 Å². The Bertz CT molecular complexity index is 1850. The largest absolute Gasteiger partial charge is 0.345 e. The molecule has 4 atom stereocenters. The summed E-state index contributed by atoms with van der Waals surface area (Å²) in [5, 5.41) is 0. The Morgan fingerprint density at radius 2 is 1.07 bits per heavy atom. The van der Waals surface area contributed by atoms with Crippen LogP contribution in [0.1, 0.15) is 27.8 Å². The van der Waals surface area contributed by atoms with Crippen molar-refractivity contribution in [1.82, 2.24) is 0 Å². The summed E-state index contributed by atoms with van der Waals surface area (Å²) >= 11 is 0. The molecule has 5 aromatic carbocycles. The van der Waals surface area contributed by atoms with Crippen molar-refractivity contribution >= 4 is 16.9 Å². The molecule has 0 amide bonds. The van der Waals surface area contributed by atoms with Crippen molar-refractivity contribution in [2.75, 3.05) is 0 Å². The van der Waals surface area contributed by atoms with Gasteiger partial charge in [0.25, 0.3) is 0 Å². The van der Waals surface area contributed by atoms with Crippen molar-refractivity contribution in [1.29, 1.82) is 0 Å². The fourth-order valence-electron chi connectivity index (χ4n) is 7.55. The Hall–Kier alpha value is -5.05. The van der Waals surface area contributed by atoms with Gasteiger partial charge in [-0.3, -0.25) is 4.79 Å². The molecule has 1 saturated heterocycles. The second-order valence-corrected chi connectivity index (χ2v) is 11.5. The first-order valence-electron chi connectivity index (χ1n) is 14.9. The average molecular weight is 555 g/mol. The number of carbonyl (C=O) groups is 1. The number of benzene rings is 5. The molecule has 0 saturated carbocycles. The van der Waals surface area contributed by atoms with Crippen molar-refractivity contribution < 1.29 is 9.53 Å². The van der Waals surface area contributed by atoms with Gasteiger partial charge in [-0.2, -0.15) is 0 Å². The predicted octanol–water partition coefficient (Wildman–Crippen LogP) is 8.78. The summed E-state index contributed by atoms with van der Waals surface area (Å²) < 4.78 is 7.42. The van der Waals surface area contributed by atoms with Crippen LogP contribution in [0.2, 0.25) is 0 Å². The van der Waals surface area contributed by atoms with Gasteiger partial charge < -0.3 is 4.74 Å². The van der Waals surface area contributed by atoms with Crippen LogP contribution in [0.5, 0.6) is 0 Å². The van der Waals surface area contributed by atoms with Gasteiger partial charge in [0.05, 0.1) is 0 Å². The van der Waals surface area contributed by atoms with Crippen molar-refractivity contribution in [3.63, 3.8) is 0 Å². The predicted molar refractivity (Wildman–Crippen MR) is 172 cm³/mol. The minimum absolute atomic E-state index is 0.0100. The molecule has 8 rings (SSSR count). The summed E-state index contributed by atoms with van der Waals surface area (Å²) in [6.45, 7) is 0. The molecule has 43 heavy (non-hydrogen) atoms. The molecule has 5 aromatic rings. The van der Waals surface area contributed by atoms with Gasteiger partial charge in [0.15, 0.2) is 11.4 Å². The van der Waals surface area contributed by atoms with Crippen molar-refractivity contribution in [3.8, 4) is 0 Å². The second kappa shape index (κ2) is 10.0. The van der Waals surface area contributed by atoms with Crippen LogP contribution in [-0.2, 0) is 20.7 Å². The number of Topliss-reactive ketones (excluding diaryl/α,β-unsaturated/α-hetero) is 1. The van der Waals surface area contributed by atoms with Crippen LogP contribution in [-0.4, -0.2) is 5.78 Å². The second-order valence-electron chi connectivity index (χ2n) is 11.5. The van der Waals surface area contributed by atoms with E-state index >= 15 is 0 Å². The third kappa shape index (κ3) is 3.80. The minimum Gasteiger partial charge on any atom is -0.345 e. The van der Waals surface area contributed by atoms with Crippen LogP contribution in [0.4, 0.5) is 0 Å². The zero-order valence-corrected chi connectivity index (χ0v) is 23.6. The van der Waals surface area contributed by atoms with E-state index in [1.807, 2.05) is 54.6 Å². The summed E-state index contributed by atoms with van der Waals surface area (Å²) in [4.78, 5) is 15.0. The van der Waals surface area contributed by atoms with Gasteiger partial charge in [-0.1, -0.05) is 164 Å². The first-order chi connectivity index (χ1) is 21.2. The van der Waals surface area contributed by atoms with E-state index in [9.17, 15) is 4.79 Å². The average Bonchev–Trinajstić information content (AvgIpc) is 3.63. The molecule has 0 unspecified atom stereocenters. The van der Waals surface area contributed by atoms with Crippen molar-refractivity contribution in [3.05, 3.63) is 203 Å². The van der Waals surface area contributed by atoms with Crippen LogP contribution < -0.4 is 0 Å². The molecule has 0 aromatic heterocycles. The van der Waals surface area contributed by atoms with Gasteiger partial charge in [0, 0.05) is 17.4 Å². The lowest BCUT2D eigenvalue weighted by atomic mass is 9.70. The number of hydrogen-bond acceptors (Lipinski definition) is 2. The lowest BCUT2D eigenvalue weighted by molar-refractivity contribution is -0.152. The zero-order valence-electron chi connectivity index (χ0n) is 23.6. The first-order valence-corrected chi connectivity index (χ1v) is 14.9. The van der Waals surface area contributed by atoms with Crippen LogP contribution in [0.3, 0.4) is 0 Å². The van der Waals surface area contributed by atoms with Crippen LogP contribution in [0, 0.1) is 11.8 Å². The van der Waals surface area contributed by atoms with Crippen LogP contribution in [0.25, 0.3) is 11.1 Å². The van der Waals surface area contributed by atoms with Crippen LogP contribution in [0.15, 0.2) is 175 Å². The van der Waals surface area contributed by atoms with Crippen molar-refractivity contribution in [2.45, 2.75) is 11.2 Å². The number of rotatable bonds is 5. The zero-order chi connectivity index (χ0) is 28.9. The quantitative estimate of drug-likeness (QED) is 0.217. The highest BCUT2D eigenvalue weighted by atomic mass is 16.5. The van der Waals surface area contributed by atoms with Crippen molar-refractivity contribution in [2.24, 2.45) is 11.8 Å². The SMILES string of the molecule is O=C1C(c2ccccc2)=C[C@@]2(c3ccccc3)O[C@]1(c1ccccc1)[C@@H]1C=CC(=C(c3ccccc3)c3ccccc3)[C@@H]12. The summed E-state index contributed by atoms with van der Waals surface area (Å²) in [5.74, 6) is -0.344. The summed E-state index contributed by atoms with van der Waals surface area (Å²) in [7, 11) is 0. The molecule has 0 radical (unpaired) electrons. The number of hydrogen-bond donors (Lipinski definition) is 0. The van der Waals surface area contributed by atoms with Gasteiger partial charge >= 0.3 is 0 Å². The lowest BCUT2D eigenvalue weighted by Crippen LogP contribution is -2.45. The normalized spacial score (nSPS) is 25.3. The molecule has 2 aliphatic heterocycles. The van der Waals surface area contributed by atoms with Gasteiger partial charge in [-0.25, -0.2) is 0 Å². The van der Waals surface area contributed by atoms with Gasteiger partial charge in [-0.05, 0) is 45.0 Å². The molecule has 2 bridgehead atoms. The number of fused-ring (bicyclic) bond motifs is 5. The highest BCUT2D eigenvalue weighted by Crippen LogP contribution is 2.67. The molecule has 2 heteroatoms. The lowest BCUT2D eigenvalue weighted by Gasteiger charge is -2.40. The fourth-order valence-corrected chi connectivity index (χ4v) is 7.55. The first kappa shape index (κ1) is 25.6. The van der Waals surface area contributed by atoms with E-state index in [0.717, 1.165) is 27.8 Å². The Kier molecular flexibility index (Phi) is 5.99. The Labute approximate surface area is 252 Å². The van der Waals surface area contributed by atoms with Crippen LogP contribution >= 0.6 is 0 Å². The highest BCUT2D eigenvalue weighted by Gasteiger charge is 2.70. The van der Waals surface area contributed by atoms with E-state index in [1.165, 1.54) is 11.1 Å². The Morgan fingerprint density at radius 3 is 1.63 bits per heavy atom. The molecular formula is C41H30O2. The summed E-state index contributed by atoms with van der Waals surface area (Å²) in [6.07, 6.45) is 6.63. The smallest absolute Gasteiger partial charge is 0.200 e. The summed E-state index contributed by atoms with van der Waals surface area (Å²) in [6, 6.07) is 51.8. The van der Waals surface area contributed by atoms with E-state index in [1.54, 1.807) is 0 Å². The number of carbonyl (C=O) groups excluding carboxylic acids is 1. The highest BCUT2D eigenvalue weighted by molar-refractivity contribution is 6.26. The fraction of sp³-hybridized carbons (Fsp3) is 0.0976. The maximum absolute atomic E-state index is 15.0. The molecule has 3 aliphatic rings. The molecule has 206 valence electrons. The molecule has 1 fully saturated rings. The van der Waals surface area contributed by atoms with E-state index in [4.69, 9.17) is 4.74 Å². The molecule has 2 nitrogen and oxygen atoms in total. The summed E-state index contributed by atoms with van der Waals surface area (Å²) in [5.41, 5.74) is 6.14. The molecule has 0 N–H and O–H groups in total. The third-order valence-electron chi connectivity index (χ3n) is 9.31.